The molecular weight excluding hydrogens is 280 g/mol. The van der Waals surface area contributed by atoms with Gasteiger partial charge < -0.3 is 9.80 Å². The van der Waals surface area contributed by atoms with Crippen LogP contribution in [0.4, 0.5) is 0 Å². The Kier molecular flexibility index (Phi) is 4.64. The molecule has 2 heterocycles. The molecular formula is C17H28N2O3. The molecule has 0 aliphatic carbocycles. The first-order chi connectivity index (χ1) is 10.4. The number of likely N-dealkylation sites (tertiary alicyclic amines) is 2. The van der Waals surface area contributed by atoms with Crippen LogP contribution >= 0.6 is 0 Å². The van der Waals surface area contributed by atoms with E-state index in [-0.39, 0.29) is 17.6 Å². The molecule has 2 amide bonds. The highest BCUT2D eigenvalue weighted by Crippen LogP contribution is 2.46. The third-order valence-electron chi connectivity index (χ3n) is 5.60. The Morgan fingerprint density at radius 2 is 1.14 bits per heavy atom. The molecule has 0 unspecified atom stereocenters. The van der Waals surface area contributed by atoms with Gasteiger partial charge in [-0.3, -0.25) is 14.4 Å². The largest absolute Gasteiger partial charge is 0.341 e. The van der Waals surface area contributed by atoms with Gasteiger partial charge in [-0.05, 0) is 12.8 Å². The Hall–Kier alpha value is -1.39. The number of hydrogen-bond acceptors (Lipinski definition) is 3. The summed E-state index contributed by atoms with van der Waals surface area (Å²) in [5.41, 5.74) is -1.16. The van der Waals surface area contributed by atoms with Gasteiger partial charge in [0.25, 0.3) is 0 Å². The maximum absolute atomic E-state index is 13.2. The molecule has 0 aromatic rings. The third kappa shape index (κ3) is 2.44. The van der Waals surface area contributed by atoms with Crippen molar-refractivity contribution in [2.45, 2.75) is 53.4 Å². The zero-order valence-electron chi connectivity index (χ0n) is 14.3. The summed E-state index contributed by atoms with van der Waals surface area (Å²) in [5.74, 6) is 0.488. The van der Waals surface area contributed by atoms with Crippen LogP contribution < -0.4 is 0 Å². The molecule has 2 fully saturated rings. The van der Waals surface area contributed by atoms with E-state index in [9.17, 15) is 14.4 Å². The fraction of sp³-hybridized carbons (Fsp3) is 0.824. The second kappa shape index (κ2) is 6.01. The first-order valence-corrected chi connectivity index (χ1v) is 8.48. The number of hydrogen-bond donors (Lipinski definition) is 0. The highest BCUT2D eigenvalue weighted by Gasteiger charge is 2.59. The van der Waals surface area contributed by atoms with Crippen molar-refractivity contribution < 1.29 is 14.4 Å². The SMILES string of the molecule is CCC(=O)N1CC2(CC)CN(C(=O)CC)CC(CC)(C1)C2=O. The molecule has 0 saturated carbocycles. The van der Waals surface area contributed by atoms with Crippen molar-refractivity contribution in [1.82, 2.24) is 9.80 Å². The summed E-state index contributed by atoms with van der Waals surface area (Å²) in [6.07, 6.45) is 2.28. The maximum atomic E-state index is 13.2. The molecule has 0 aromatic heterocycles. The van der Waals surface area contributed by atoms with Gasteiger partial charge in [0.05, 0.1) is 10.8 Å². The minimum absolute atomic E-state index is 0.110. The lowest BCUT2D eigenvalue weighted by Crippen LogP contribution is -2.70. The summed E-state index contributed by atoms with van der Waals surface area (Å²) in [4.78, 5) is 41.3. The molecule has 0 radical (unpaired) electrons. The van der Waals surface area contributed by atoms with Gasteiger partial charge in [-0.15, -0.1) is 0 Å². The van der Waals surface area contributed by atoms with Crippen LogP contribution in [0.3, 0.4) is 0 Å². The van der Waals surface area contributed by atoms with Crippen LogP contribution in [-0.2, 0) is 14.4 Å². The lowest BCUT2D eigenvalue weighted by atomic mass is 9.60. The highest BCUT2D eigenvalue weighted by atomic mass is 16.2. The van der Waals surface area contributed by atoms with Crippen LogP contribution in [0.5, 0.6) is 0 Å². The van der Waals surface area contributed by atoms with Gasteiger partial charge in [-0.25, -0.2) is 0 Å². The number of fused-ring (bicyclic) bond motifs is 2. The molecule has 2 bridgehead atoms. The van der Waals surface area contributed by atoms with Crippen LogP contribution in [0, 0.1) is 10.8 Å². The van der Waals surface area contributed by atoms with Crippen LogP contribution in [-0.4, -0.2) is 53.6 Å². The second-order valence-electron chi connectivity index (χ2n) is 6.80. The van der Waals surface area contributed by atoms with Gasteiger partial charge in [-0.2, -0.15) is 0 Å². The van der Waals surface area contributed by atoms with E-state index in [1.54, 1.807) is 0 Å². The predicted octanol–water partition coefficient (Wildman–Crippen LogP) is 1.85. The summed E-state index contributed by atoms with van der Waals surface area (Å²) in [6.45, 7) is 9.57. The van der Waals surface area contributed by atoms with Crippen molar-refractivity contribution in [3.8, 4) is 0 Å². The number of Topliss-reactive ketones (excluding diaryl/α,β-unsaturated/α-hetero) is 1. The van der Waals surface area contributed by atoms with E-state index < -0.39 is 10.8 Å². The predicted molar refractivity (Wildman–Crippen MR) is 84.2 cm³/mol. The minimum Gasteiger partial charge on any atom is -0.341 e. The normalized spacial score (nSPS) is 31.4. The summed E-state index contributed by atoms with van der Waals surface area (Å²) in [7, 11) is 0. The van der Waals surface area contributed by atoms with E-state index in [4.69, 9.17) is 0 Å². The number of ketones is 1. The van der Waals surface area contributed by atoms with E-state index in [1.807, 2.05) is 37.5 Å². The molecule has 2 aliphatic rings. The molecule has 5 nitrogen and oxygen atoms in total. The fourth-order valence-electron chi connectivity index (χ4n) is 4.09. The van der Waals surface area contributed by atoms with Gasteiger partial charge in [0.2, 0.25) is 11.8 Å². The number of amides is 2. The minimum atomic E-state index is -0.581. The van der Waals surface area contributed by atoms with Crippen LogP contribution in [0.15, 0.2) is 0 Å². The molecule has 124 valence electrons. The number of carbonyl (C=O) groups is 3. The number of carbonyl (C=O) groups excluding carboxylic acids is 3. The summed E-state index contributed by atoms with van der Waals surface area (Å²) < 4.78 is 0. The zero-order chi connectivity index (χ0) is 16.5. The van der Waals surface area contributed by atoms with Crippen molar-refractivity contribution in [2.75, 3.05) is 26.2 Å². The molecule has 0 atom stereocenters. The van der Waals surface area contributed by atoms with E-state index in [1.165, 1.54) is 0 Å². The highest BCUT2D eigenvalue weighted by molar-refractivity contribution is 5.96. The Morgan fingerprint density at radius 3 is 1.36 bits per heavy atom. The first-order valence-electron chi connectivity index (χ1n) is 8.48. The fourth-order valence-corrected chi connectivity index (χ4v) is 4.09. The van der Waals surface area contributed by atoms with Gasteiger partial charge in [0, 0.05) is 39.0 Å². The Bertz CT molecular complexity index is 432. The Labute approximate surface area is 133 Å². The second-order valence-corrected chi connectivity index (χ2v) is 6.80. The molecule has 0 N–H and O–H groups in total. The van der Waals surface area contributed by atoms with E-state index >= 15 is 0 Å². The molecule has 0 spiro atoms. The maximum Gasteiger partial charge on any atom is 0.222 e. The number of piperidine rings is 2. The average Bonchev–Trinajstić information content (AvgIpc) is 2.53. The molecule has 2 rings (SSSR count). The van der Waals surface area contributed by atoms with Crippen molar-refractivity contribution >= 4 is 17.6 Å². The van der Waals surface area contributed by atoms with Gasteiger partial charge >= 0.3 is 0 Å². The summed E-state index contributed by atoms with van der Waals surface area (Å²) in [5, 5.41) is 0. The van der Waals surface area contributed by atoms with E-state index in [2.05, 4.69) is 0 Å². The van der Waals surface area contributed by atoms with Gasteiger partial charge in [0.1, 0.15) is 0 Å². The van der Waals surface area contributed by atoms with Gasteiger partial charge in [-0.1, -0.05) is 27.7 Å². The van der Waals surface area contributed by atoms with E-state index in [0.29, 0.717) is 51.9 Å². The monoisotopic (exact) mass is 308 g/mol. The standard InChI is InChI=1S/C17H28N2O3/c1-5-13(20)18-9-16(7-3)11-19(14(21)6-2)12-17(8-4,10-18)15(16)22/h5-12H2,1-4H3. The Balaban J connectivity index is 2.43. The lowest BCUT2D eigenvalue weighted by Gasteiger charge is -2.57. The smallest absolute Gasteiger partial charge is 0.222 e. The average molecular weight is 308 g/mol. The molecule has 0 aromatic carbocycles. The molecule has 2 aliphatic heterocycles. The molecule has 2 saturated heterocycles. The topological polar surface area (TPSA) is 57.7 Å². The first kappa shape index (κ1) is 17.0. The lowest BCUT2D eigenvalue weighted by molar-refractivity contribution is -0.170. The van der Waals surface area contributed by atoms with Crippen molar-refractivity contribution in [3.05, 3.63) is 0 Å². The van der Waals surface area contributed by atoms with Crippen molar-refractivity contribution in [2.24, 2.45) is 10.8 Å². The molecule has 5 heteroatoms. The summed E-state index contributed by atoms with van der Waals surface area (Å²) >= 11 is 0. The van der Waals surface area contributed by atoms with Crippen LogP contribution in [0.25, 0.3) is 0 Å². The van der Waals surface area contributed by atoms with Crippen LogP contribution in [0.2, 0.25) is 0 Å². The number of nitrogens with zero attached hydrogens (tertiary/aromatic N) is 2. The Morgan fingerprint density at radius 1 is 0.818 bits per heavy atom. The number of rotatable bonds is 4. The van der Waals surface area contributed by atoms with Gasteiger partial charge in [0.15, 0.2) is 5.78 Å². The quantitative estimate of drug-likeness (QED) is 0.796. The zero-order valence-corrected chi connectivity index (χ0v) is 14.3. The molecule has 22 heavy (non-hydrogen) atoms. The van der Waals surface area contributed by atoms with Crippen LogP contribution in [0.1, 0.15) is 53.4 Å². The van der Waals surface area contributed by atoms with Crippen molar-refractivity contribution in [3.63, 3.8) is 0 Å². The third-order valence-corrected chi connectivity index (χ3v) is 5.60. The van der Waals surface area contributed by atoms with E-state index in [0.717, 1.165) is 0 Å². The van der Waals surface area contributed by atoms with Crippen molar-refractivity contribution in [1.29, 1.82) is 0 Å². The summed E-state index contributed by atoms with van der Waals surface area (Å²) in [6, 6.07) is 0.